The van der Waals surface area contributed by atoms with Gasteiger partial charge in [0.15, 0.2) is 0 Å². The largest absolute Gasteiger partial charge is 0.350 e. The lowest BCUT2D eigenvalue weighted by molar-refractivity contribution is 0.132. The Morgan fingerprint density at radius 3 is 1.86 bits per heavy atom. The molecule has 0 amide bonds. The van der Waals surface area contributed by atoms with Gasteiger partial charge in [-0.2, -0.15) is 0 Å². The van der Waals surface area contributed by atoms with E-state index in [1.807, 2.05) is 0 Å². The lowest BCUT2D eigenvalue weighted by atomic mass is 11.2. The fourth-order valence-electron chi connectivity index (χ4n) is 0.142. The molecular formula is C2H8N2OS2. The average molecular weight is 140 g/mol. The summed E-state index contributed by atoms with van der Waals surface area (Å²) in [4.78, 5) is 0. The van der Waals surface area contributed by atoms with Gasteiger partial charge in [-0.3, -0.25) is 0 Å². The monoisotopic (exact) mass is 140 g/mol. The van der Waals surface area contributed by atoms with Gasteiger partial charge in [0, 0.05) is 0 Å². The van der Waals surface area contributed by atoms with Crippen LogP contribution < -0.4 is 9.44 Å². The van der Waals surface area contributed by atoms with Crippen molar-refractivity contribution in [1.82, 2.24) is 9.44 Å². The summed E-state index contributed by atoms with van der Waals surface area (Å²) in [5.41, 5.74) is 0. The third-order valence-electron chi connectivity index (χ3n) is 0.333. The highest BCUT2D eigenvalue weighted by Crippen LogP contribution is 1.67. The molecule has 0 aliphatic rings. The minimum atomic E-state index is 0.427. The summed E-state index contributed by atoms with van der Waals surface area (Å²) in [7, 11) is 0. The molecular weight excluding hydrogens is 132 g/mol. The number of rotatable bonds is 4. The molecule has 0 bridgehead atoms. The minimum Gasteiger partial charge on any atom is -0.350 e. The van der Waals surface area contributed by atoms with Crippen LogP contribution in [0, 0.1) is 0 Å². The maximum atomic E-state index is 4.76. The second-order valence-corrected chi connectivity index (χ2v) is 1.44. The van der Waals surface area contributed by atoms with Crippen molar-refractivity contribution in [2.24, 2.45) is 0 Å². The molecule has 0 radical (unpaired) electrons. The maximum absolute atomic E-state index is 4.76. The molecule has 2 N–H and O–H groups in total. The number of hydrogen-bond donors (Lipinski definition) is 4. The van der Waals surface area contributed by atoms with Crippen LogP contribution in [0.1, 0.15) is 0 Å². The van der Waals surface area contributed by atoms with Gasteiger partial charge in [-0.15, -0.1) is 0 Å². The van der Waals surface area contributed by atoms with Crippen LogP contribution in [0.3, 0.4) is 0 Å². The Labute approximate surface area is 53.9 Å². The van der Waals surface area contributed by atoms with Crippen LogP contribution >= 0.6 is 25.6 Å². The Hall–Kier alpha value is 0.580. The first-order chi connectivity index (χ1) is 3.41. The topological polar surface area (TPSA) is 33.3 Å². The minimum absolute atomic E-state index is 0.427. The zero-order valence-electron chi connectivity index (χ0n) is 3.72. The van der Waals surface area contributed by atoms with Gasteiger partial charge in [0.25, 0.3) is 0 Å². The SMILES string of the molecule is SNCOCNS. The fourth-order valence-corrected chi connectivity index (χ4v) is 0.325. The van der Waals surface area contributed by atoms with Crippen molar-refractivity contribution < 1.29 is 4.74 Å². The molecule has 0 heterocycles. The van der Waals surface area contributed by atoms with Crippen molar-refractivity contribution in [3.05, 3.63) is 0 Å². The second-order valence-electron chi connectivity index (χ2n) is 0.809. The summed E-state index contributed by atoms with van der Waals surface area (Å²) in [5.74, 6) is 0. The molecule has 7 heavy (non-hydrogen) atoms. The highest BCUT2D eigenvalue weighted by atomic mass is 32.1. The second kappa shape index (κ2) is 6.58. The van der Waals surface area contributed by atoms with Gasteiger partial charge < -0.3 is 4.74 Å². The number of thiol groups is 2. The first kappa shape index (κ1) is 7.58. The molecule has 0 aromatic rings. The van der Waals surface area contributed by atoms with Crippen LogP contribution in [0.15, 0.2) is 0 Å². The van der Waals surface area contributed by atoms with Crippen LogP contribution in [0.2, 0.25) is 0 Å². The lowest BCUT2D eigenvalue weighted by Gasteiger charge is -1.97. The van der Waals surface area contributed by atoms with Gasteiger partial charge in [-0.05, 0) is 0 Å². The van der Waals surface area contributed by atoms with E-state index in [1.165, 1.54) is 0 Å². The molecule has 0 fully saturated rings. The zero-order valence-corrected chi connectivity index (χ0v) is 5.51. The smallest absolute Gasteiger partial charge is 0.107 e. The molecule has 44 valence electrons. The molecule has 0 aromatic carbocycles. The van der Waals surface area contributed by atoms with Crippen molar-refractivity contribution in [3.8, 4) is 0 Å². The summed E-state index contributed by atoms with van der Waals surface area (Å²) in [6, 6.07) is 0. The maximum Gasteiger partial charge on any atom is 0.107 e. The van der Waals surface area contributed by atoms with Gasteiger partial charge in [-0.1, -0.05) is 25.6 Å². The van der Waals surface area contributed by atoms with E-state index in [2.05, 4.69) is 35.1 Å². The lowest BCUT2D eigenvalue weighted by Crippen LogP contribution is -2.12. The first-order valence-electron chi connectivity index (χ1n) is 1.73. The average Bonchev–Trinajstić information content (AvgIpc) is 1.69. The standard InChI is InChI=1S/C2H8N2OS2/c6-3-1-5-2-4-7/h3-4,6-7H,1-2H2. The summed E-state index contributed by atoms with van der Waals surface area (Å²) in [6.07, 6.45) is 0. The van der Waals surface area contributed by atoms with Gasteiger partial charge in [0.05, 0.1) is 0 Å². The highest BCUT2D eigenvalue weighted by molar-refractivity contribution is 7.78. The van der Waals surface area contributed by atoms with E-state index in [4.69, 9.17) is 4.74 Å². The predicted molar refractivity (Wildman–Crippen MR) is 35.1 cm³/mol. The van der Waals surface area contributed by atoms with E-state index in [0.717, 1.165) is 0 Å². The van der Waals surface area contributed by atoms with Crippen molar-refractivity contribution in [2.75, 3.05) is 13.5 Å². The van der Waals surface area contributed by atoms with Crippen LogP contribution in [0.4, 0.5) is 0 Å². The van der Waals surface area contributed by atoms with Gasteiger partial charge >= 0.3 is 0 Å². The van der Waals surface area contributed by atoms with E-state index in [9.17, 15) is 0 Å². The van der Waals surface area contributed by atoms with Crippen molar-refractivity contribution in [2.45, 2.75) is 0 Å². The van der Waals surface area contributed by atoms with Crippen molar-refractivity contribution in [3.63, 3.8) is 0 Å². The van der Waals surface area contributed by atoms with Crippen molar-refractivity contribution >= 4 is 25.6 Å². The van der Waals surface area contributed by atoms with Crippen LogP contribution in [0.5, 0.6) is 0 Å². The summed E-state index contributed by atoms with van der Waals surface area (Å²) < 4.78 is 9.76. The van der Waals surface area contributed by atoms with Gasteiger partial charge in [0.2, 0.25) is 0 Å². The summed E-state index contributed by atoms with van der Waals surface area (Å²) in [5, 5.41) is 0. The Morgan fingerprint density at radius 1 is 1.14 bits per heavy atom. The number of hydrogen-bond acceptors (Lipinski definition) is 5. The first-order valence-corrected chi connectivity index (χ1v) is 2.63. The predicted octanol–water partition coefficient (Wildman–Crippen LogP) is -0.213. The van der Waals surface area contributed by atoms with E-state index in [0.29, 0.717) is 13.5 Å². The molecule has 0 aromatic heterocycles. The zero-order chi connectivity index (χ0) is 5.54. The Balaban J connectivity index is 2.45. The van der Waals surface area contributed by atoms with Crippen LogP contribution in [0.25, 0.3) is 0 Å². The molecule has 0 saturated carbocycles. The molecule has 0 saturated heterocycles. The fraction of sp³-hybridized carbons (Fsp3) is 1.00. The molecule has 5 heteroatoms. The molecule has 0 spiro atoms. The molecule has 0 aliphatic carbocycles. The normalized spacial score (nSPS) is 9.43. The number of ether oxygens (including phenoxy) is 1. The molecule has 0 rings (SSSR count). The van der Waals surface area contributed by atoms with E-state index < -0.39 is 0 Å². The van der Waals surface area contributed by atoms with Gasteiger partial charge in [0.1, 0.15) is 13.5 Å². The van der Waals surface area contributed by atoms with E-state index in [1.54, 1.807) is 0 Å². The Morgan fingerprint density at radius 2 is 1.57 bits per heavy atom. The molecule has 0 atom stereocenters. The van der Waals surface area contributed by atoms with E-state index >= 15 is 0 Å². The molecule has 0 aliphatic heterocycles. The quantitative estimate of drug-likeness (QED) is 0.248. The van der Waals surface area contributed by atoms with Crippen LogP contribution in [-0.2, 0) is 4.74 Å². The number of nitrogens with one attached hydrogen (secondary N) is 2. The molecule has 3 nitrogen and oxygen atoms in total. The third-order valence-corrected chi connectivity index (χ3v) is 0.591. The Kier molecular flexibility index (Phi) is 7.13. The van der Waals surface area contributed by atoms with Gasteiger partial charge in [-0.25, -0.2) is 9.44 Å². The van der Waals surface area contributed by atoms with E-state index in [-0.39, 0.29) is 0 Å². The summed E-state index contributed by atoms with van der Waals surface area (Å²) in [6.45, 7) is 0.855. The Bertz CT molecular complexity index is 32.9. The summed E-state index contributed by atoms with van der Waals surface area (Å²) >= 11 is 7.33. The van der Waals surface area contributed by atoms with Crippen LogP contribution in [-0.4, -0.2) is 13.5 Å². The third kappa shape index (κ3) is 6.58. The molecule has 0 unspecified atom stereocenters. The van der Waals surface area contributed by atoms with Crippen molar-refractivity contribution in [1.29, 1.82) is 0 Å². The highest BCUT2D eigenvalue weighted by Gasteiger charge is 1.75.